The molecule has 0 amide bonds. The van der Waals surface area contributed by atoms with Gasteiger partial charge in [-0.3, -0.25) is 4.40 Å². The van der Waals surface area contributed by atoms with Crippen molar-refractivity contribution >= 4 is 11.6 Å². The molecule has 7 nitrogen and oxygen atoms in total. The lowest BCUT2D eigenvalue weighted by molar-refractivity contribution is 0.179. The molecule has 0 aliphatic rings. The molecule has 0 bridgehead atoms. The minimum atomic E-state index is 0.115. The summed E-state index contributed by atoms with van der Waals surface area (Å²) < 4.78 is 6.90. The second kappa shape index (κ2) is 6.14. The van der Waals surface area contributed by atoms with Gasteiger partial charge in [0.1, 0.15) is 6.54 Å². The van der Waals surface area contributed by atoms with Crippen LogP contribution in [0.15, 0.2) is 29.4 Å². The Kier molecular flexibility index (Phi) is 4.30. The molecule has 0 aromatic carbocycles. The maximum Gasteiger partial charge on any atom is 0.189 e. The van der Waals surface area contributed by atoms with E-state index in [4.69, 9.17) is 10.5 Å². The van der Waals surface area contributed by atoms with Crippen LogP contribution in [0.3, 0.4) is 0 Å². The van der Waals surface area contributed by atoms with Crippen molar-refractivity contribution in [2.45, 2.75) is 19.5 Å². The summed E-state index contributed by atoms with van der Waals surface area (Å²) in [5.74, 6) is 1.12. The van der Waals surface area contributed by atoms with Gasteiger partial charge in [0.2, 0.25) is 0 Å². The molecule has 2 aromatic heterocycles. The third-order valence-electron chi connectivity index (χ3n) is 2.59. The lowest BCUT2D eigenvalue weighted by atomic mass is 10.4. The van der Waals surface area contributed by atoms with Gasteiger partial charge in [0.05, 0.1) is 6.61 Å². The molecule has 0 aliphatic heterocycles. The molecule has 0 saturated heterocycles. The van der Waals surface area contributed by atoms with Crippen LogP contribution in [0.25, 0.3) is 5.65 Å². The first-order valence-corrected chi connectivity index (χ1v) is 6.04. The maximum absolute atomic E-state index is 5.79. The first kappa shape index (κ1) is 13.3. The maximum atomic E-state index is 5.79. The number of aromatic nitrogens is 3. The molecule has 0 spiro atoms. The topological polar surface area (TPSA) is 89.8 Å². The highest BCUT2D eigenvalue weighted by molar-refractivity contribution is 5.78. The number of nitrogens with one attached hydrogen (secondary N) is 1. The summed E-state index contributed by atoms with van der Waals surface area (Å²) in [7, 11) is 1.65. The highest BCUT2D eigenvalue weighted by Crippen LogP contribution is 2.03. The zero-order valence-corrected chi connectivity index (χ0v) is 11.1. The third-order valence-corrected chi connectivity index (χ3v) is 2.59. The number of hydrogen-bond acceptors (Lipinski definition) is 4. The van der Waals surface area contributed by atoms with E-state index < -0.39 is 0 Å². The van der Waals surface area contributed by atoms with Gasteiger partial charge in [0, 0.05) is 19.3 Å². The van der Waals surface area contributed by atoms with E-state index in [1.165, 1.54) is 0 Å². The van der Waals surface area contributed by atoms with Crippen LogP contribution in [-0.2, 0) is 11.3 Å². The number of nitrogens with zero attached hydrogens (tertiary/aromatic N) is 4. The monoisotopic (exact) mass is 262 g/mol. The number of ether oxygens (including phenoxy) is 1. The van der Waals surface area contributed by atoms with Gasteiger partial charge in [0.15, 0.2) is 17.4 Å². The Morgan fingerprint density at radius 1 is 1.53 bits per heavy atom. The summed E-state index contributed by atoms with van der Waals surface area (Å²) in [6.07, 6.45) is 1.90. The molecule has 1 atom stereocenters. The molecule has 1 unspecified atom stereocenters. The number of pyridine rings is 1. The van der Waals surface area contributed by atoms with Crippen LogP contribution in [0.2, 0.25) is 0 Å². The molecule has 2 aromatic rings. The first-order chi connectivity index (χ1) is 9.20. The molecule has 3 N–H and O–H groups in total. The molecule has 19 heavy (non-hydrogen) atoms. The van der Waals surface area contributed by atoms with Gasteiger partial charge in [-0.15, -0.1) is 10.2 Å². The molecule has 2 heterocycles. The van der Waals surface area contributed by atoms with Crippen molar-refractivity contribution in [1.82, 2.24) is 19.9 Å². The summed E-state index contributed by atoms with van der Waals surface area (Å²) in [6, 6.07) is 5.84. The molecule has 0 fully saturated rings. The Morgan fingerprint density at radius 2 is 2.37 bits per heavy atom. The minimum absolute atomic E-state index is 0.115. The van der Waals surface area contributed by atoms with Crippen molar-refractivity contribution in [1.29, 1.82) is 0 Å². The summed E-state index contributed by atoms with van der Waals surface area (Å²) >= 11 is 0. The van der Waals surface area contributed by atoms with E-state index >= 15 is 0 Å². The molecule has 0 radical (unpaired) electrons. The highest BCUT2D eigenvalue weighted by atomic mass is 16.5. The Bertz CT molecular complexity index is 564. The Hall–Kier alpha value is -2.15. The summed E-state index contributed by atoms with van der Waals surface area (Å²) in [6.45, 7) is 2.92. The molecule has 0 saturated carbocycles. The Balaban J connectivity index is 2.01. The average molecular weight is 262 g/mol. The highest BCUT2D eigenvalue weighted by Gasteiger charge is 2.05. The SMILES string of the molecule is COCC(C)NC(N)=NCc1nnc2ccccn12. The van der Waals surface area contributed by atoms with Crippen LogP contribution in [0, 0.1) is 0 Å². The van der Waals surface area contributed by atoms with Gasteiger partial charge < -0.3 is 15.8 Å². The lowest BCUT2D eigenvalue weighted by Crippen LogP contribution is -2.40. The zero-order valence-electron chi connectivity index (χ0n) is 11.1. The molecular weight excluding hydrogens is 244 g/mol. The fourth-order valence-corrected chi connectivity index (χ4v) is 1.74. The number of methoxy groups -OCH3 is 1. The Morgan fingerprint density at radius 3 is 3.16 bits per heavy atom. The van der Waals surface area contributed by atoms with Gasteiger partial charge in [-0.1, -0.05) is 6.07 Å². The van der Waals surface area contributed by atoms with Gasteiger partial charge in [-0.05, 0) is 19.1 Å². The van der Waals surface area contributed by atoms with Crippen molar-refractivity contribution < 1.29 is 4.74 Å². The van der Waals surface area contributed by atoms with Gasteiger partial charge in [-0.2, -0.15) is 0 Å². The van der Waals surface area contributed by atoms with Gasteiger partial charge >= 0.3 is 0 Å². The Labute approximate surface area is 111 Å². The van der Waals surface area contributed by atoms with Crippen molar-refractivity contribution in [3.8, 4) is 0 Å². The quantitative estimate of drug-likeness (QED) is 0.592. The van der Waals surface area contributed by atoms with E-state index in [1.54, 1.807) is 7.11 Å². The molecule has 0 aliphatic carbocycles. The van der Waals surface area contributed by atoms with Crippen LogP contribution >= 0.6 is 0 Å². The molecular formula is C12H18N6O. The number of guanidine groups is 1. The van der Waals surface area contributed by atoms with E-state index in [0.717, 1.165) is 11.5 Å². The average Bonchev–Trinajstić information content (AvgIpc) is 2.80. The predicted octanol–water partition coefficient (Wildman–Crippen LogP) is 0.169. The van der Waals surface area contributed by atoms with Crippen LogP contribution in [0.4, 0.5) is 0 Å². The van der Waals surface area contributed by atoms with Gasteiger partial charge in [0.25, 0.3) is 0 Å². The molecule has 2 rings (SSSR count). The van der Waals surface area contributed by atoms with Crippen LogP contribution in [-0.4, -0.2) is 40.3 Å². The first-order valence-electron chi connectivity index (χ1n) is 6.04. The predicted molar refractivity (Wildman–Crippen MR) is 72.8 cm³/mol. The van der Waals surface area contributed by atoms with Crippen molar-refractivity contribution in [2.75, 3.05) is 13.7 Å². The number of rotatable bonds is 5. The number of hydrogen-bond donors (Lipinski definition) is 2. The fraction of sp³-hybridized carbons (Fsp3) is 0.417. The van der Waals surface area contributed by atoms with E-state index in [0.29, 0.717) is 19.1 Å². The van der Waals surface area contributed by atoms with Crippen molar-refractivity contribution in [2.24, 2.45) is 10.7 Å². The van der Waals surface area contributed by atoms with Crippen LogP contribution in [0.1, 0.15) is 12.7 Å². The van der Waals surface area contributed by atoms with E-state index in [-0.39, 0.29) is 6.04 Å². The third kappa shape index (κ3) is 3.41. The second-order valence-electron chi connectivity index (χ2n) is 4.25. The zero-order chi connectivity index (χ0) is 13.7. The lowest BCUT2D eigenvalue weighted by Gasteiger charge is -2.12. The number of nitrogens with two attached hydrogens (primary N) is 1. The number of fused-ring (bicyclic) bond motifs is 1. The summed E-state index contributed by atoms with van der Waals surface area (Å²) in [4.78, 5) is 4.24. The summed E-state index contributed by atoms with van der Waals surface area (Å²) in [5, 5.41) is 11.2. The summed E-state index contributed by atoms with van der Waals surface area (Å²) in [5.41, 5.74) is 6.59. The van der Waals surface area contributed by atoms with E-state index in [2.05, 4.69) is 20.5 Å². The standard InChI is InChI=1S/C12H18N6O/c1-9(8-19-2)15-12(13)14-7-11-17-16-10-5-3-4-6-18(10)11/h3-6,9H,7-8H2,1-2H3,(H3,13,14,15). The van der Waals surface area contributed by atoms with Crippen LogP contribution < -0.4 is 11.1 Å². The fourth-order valence-electron chi connectivity index (χ4n) is 1.74. The van der Waals surface area contributed by atoms with Crippen molar-refractivity contribution in [3.05, 3.63) is 30.2 Å². The minimum Gasteiger partial charge on any atom is -0.383 e. The largest absolute Gasteiger partial charge is 0.383 e. The van der Waals surface area contributed by atoms with Crippen molar-refractivity contribution in [3.63, 3.8) is 0 Å². The van der Waals surface area contributed by atoms with E-state index in [9.17, 15) is 0 Å². The van der Waals surface area contributed by atoms with Gasteiger partial charge in [-0.25, -0.2) is 4.99 Å². The molecule has 7 heteroatoms. The normalized spacial score (nSPS) is 13.7. The molecule has 102 valence electrons. The number of aliphatic imine (C=N–C) groups is 1. The van der Waals surface area contributed by atoms with Crippen LogP contribution in [0.5, 0.6) is 0 Å². The smallest absolute Gasteiger partial charge is 0.189 e. The second-order valence-corrected chi connectivity index (χ2v) is 4.25. The van der Waals surface area contributed by atoms with E-state index in [1.807, 2.05) is 35.7 Å².